The van der Waals surface area contributed by atoms with Gasteiger partial charge in [0.1, 0.15) is 18.0 Å². The molecular formula is C19H24N4O2. The van der Waals surface area contributed by atoms with Crippen molar-refractivity contribution >= 4 is 5.97 Å². The van der Waals surface area contributed by atoms with Gasteiger partial charge in [0.15, 0.2) is 5.57 Å². The molecule has 1 aliphatic heterocycles. The third kappa shape index (κ3) is 6.19. The number of carboxylic acids is 1. The first-order valence-corrected chi connectivity index (χ1v) is 8.16. The highest BCUT2D eigenvalue weighted by molar-refractivity contribution is 5.67. The summed E-state index contributed by atoms with van der Waals surface area (Å²) in [5, 5.41) is 27.3. The molecule has 0 saturated carbocycles. The van der Waals surface area contributed by atoms with E-state index < -0.39 is 5.97 Å². The van der Waals surface area contributed by atoms with Crippen molar-refractivity contribution in [3.8, 4) is 12.1 Å². The molecule has 6 nitrogen and oxygen atoms in total. The van der Waals surface area contributed by atoms with E-state index in [1.54, 1.807) is 4.90 Å². The van der Waals surface area contributed by atoms with E-state index in [4.69, 9.17) is 5.11 Å². The van der Waals surface area contributed by atoms with Gasteiger partial charge in [0, 0.05) is 26.2 Å². The van der Waals surface area contributed by atoms with Crippen LogP contribution >= 0.6 is 0 Å². The lowest BCUT2D eigenvalue weighted by Gasteiger charge is -2.23. The number of carboxylic acid groups (broad SMARTS) is 1. The predicted molar refractivity (Wildman–Crippen MR) is 96.0 cm³/mol. The summed E-state index contributed by atoms with van der Waals surface area (Å²) >= 11 is 0. The van der Waals surface area contributed by atoms with Gasteiger partial charge in [0.25, 0.3) is 0 Å². The van der Waals surface area contributed by atoms with Gasteiger partial charge >= 0.3 is 5.97 Å². The van der Waals surface area contributed by atoms with Gasteiger partial charge in [-0.1, -0.05) is 35.5 Å². The normalized spacial score (nSPS) is 15.5. The first kappa shape index (κ1) is 20.1. The highest BCUT2D eigenvalue weighted by atomic mass is 16.4. The maximum Gasteiger partial charge on any atom is 0.305 e. The van der Waals surface area contributed by atoms with Gasteiger partial charge < -0.3 is 14.9 Å². The summed E-state index contributed by atoms with van der Waals surface area (Å²) in [7, 11) is 0. The second-order valence-electron chi connectivity index (χ2n) is 5.82. The van der Waals surface area contributed by atoms with Crippen LogP contribution in [0.3, 0.4) is 0 Å². The standard InChI is InChI=1S/C19H24N4O2/c1-4-15(2)12-16(3)6-5-8-22-10-11-23(9-7-18(24)25)19(22)17(13-20)14-21/h4-6,12H,7-11H2,1-3H3,(H,24,25)/b6-5+,15-4-,16-12-. The van der Waals surface area contributed by atoms with Crippen molar-refractivity contribution in [2.24, 2.45) is 0 Å². The smallest absolute Gasteiger partial charge is 0.305 e. The zero-order chi connectivity index (χ0) is 18.8. The van der Waals surface area contributed by atoms with Crippen molar-refractivity contribution in [3.63, 3.8) is 0 Å². The molecule has 0 aliphatic carbocycles. The van der Waals surface area contributed by atoms with Gasteiger partial charge in [-0.3, -0.25) is 4.79 Å². The molecule has 0 aromatic carbocycles. The van der Waals surface area contributed by atoms with Crippen molar-refractivity contribution in [2.45, 2.75) is 27.2 Å². The zero-order valence-electron chi connectivity index (χ0n) is 15.0. The molecule has 25 heavy (non-hydrogen) atoms. The largest absolute Gasteiger partial charge is 0.481 e. The zero-order valence-corrected chi connectivity index (χ0v) is 15.0. The van der Waals surface area contributed by atoms with E-state index in [-0.39, 0.29) is 18.5 Å². The Morgan fingerprint density at radius 3 is 2.40 bits per heavy atom. The van der Waals surface area contributed by atoms with E-state index in [1.807, 2.05) is 56.0 Å². The summed E-state index contributed by atoms with van der Waals surface area (Å²) in [6, 6.07) is 3.84. The summed E-state index contributed by atoms with van der Waals surface area (Å²) in [6.45, 7) is 8.15. The van der Waals surface area contributed by atoms with Crippen LogP contribution in [0.1, 0.15) is 27.2 Å². The lowest BCUT2D eigenvalue weighted by atomic mass is 10.2. The average Bonchev–Trinajstić information content (AvgIpc) is 2.97. The SMILES string of the molecule is C\C=C(C)/C=C(C)\C=C\CN1CCN(CCC(=O)O)C1=C(C#N)C#N. The van der Waals surface area contributed by atoms with E-state index in [0.29, 0.717) is 25.5 Å². The highest BCUT2D eigenvalue weighted by Gasteiger charge is 2.27. The van der Waals surface area contributed by atoms with E-state index in [2.05, 4.69) is 6.08 Å². The minimum atomic E-state index is -0.895. The first-order valence-electron chi connectivity index (χ1n) is 8.16. The van der Waals surface area contributed by atoms with Crippen molar-refractivity contribution < 1.29 is 9.90 Å². The van der Waals surface area contributed by atoms with E-state index in [1.165, 1.54) is 5.57 Å². The van der Waals surface area contributed by atoms with E-state index >= 15 is 0 Å². The molecule has 0 amide bonds. The summed E-state index contributed by atoms with van der Waals surface area (Å²) < 4.78 is 0. The Balaban J connectivity index is 2.90. The molecule has 1 fully saturated rings. The molecule has 1 N–H and O–H groups in total. The molecule has 0 unspecified atom stereocenters. The Morgan fingerprint density at radius 1 is 1.20 bits per heavy atom. The van der Waals surface area contributed by atoms with Crippen molar-refractivity contribution in [1.29, 1.82) is 10.5 Å². The molecule has 0 radical (unpaired) electrons. The minimum absolute atomic E-state index is 0.0216. The van der Waals surface area contributed by atoms with Gasteiger partial charge in [-0.2, -0.15) is 10.5 Å². The second-order valence-corrected chi connectivity index (χ2v) is 5.82. The molecule has 1 aliphatic rings. The van der Waals surface area contributed by atoms with Crippen LogP contribution in [0.15, 0.2) is 46.8 Å². The van der Waals surface area contributed by atoms with Crippen LogP contribution in [0.5, 0.6) is 0 Å². The summed E-state index contributed by atoms with van der Waals surface area (Å²) in [6.07, 6.45) is 8.07. The van der Waals surface area contributed by atoms with Gasteiger partial charge in [-0.05, 0) is 20.8 Å². The third-order valence-corrected chi connectivity index (χ3v) is 3.90. The van der Waals surface area contributed by atoms with E-state index in [9.17, 15) is 15.3 Å². The monoisotopic (exact) mass is 340 g/mol. The lowest BCUT2D eigenvalue weighted by molar-refractivity contribution is -0.137. The summed E-state index contributed by atoms with van der Waals surface area (Å²) in [5.74, 6) is -0.365. The predicted octanol–water partition coefficient (Wildman–Crippen LogP) is 2.81. The van der Waals surface area contributed by atoms with Gasteiger partial charge in [0.2, 0.25) is 0 Å². The molecule has 0 spiro atoms. The van der Waals surface area contributed by atoms with Crippen molar-refractivity contribution in [2.75, 3.05) is 26.2 Å². The molecule has 6 heteroatoms. The molecule has 0 atom stereocenters. The number of hydrogen-bond acceptors (Lipinski definition) is 5. The third-order valence-electron chi connectivity index (χ3n) is 3.90. The topological polar surface area (TPSA) is 91.4 Å². The maximum atomic E-state index is 10.8. The Labute approximate surface area is 149 Å². The average molecular weight is 340 g/mol. The summed E-state index contributed by atoms with van der Waals surface area (Å²) in [4.78, 5) is 14.5. The maximum absolute atomic E-state index is 10.8. The molecule has 1 rings (SSSR count). The number of allylic oxidation sites excluding steroid dienone is 6. The van der Waals surface area contributed by atoms with Gasteiger partial charge in [-0.15, -0.1) is 0 Å². The first-order chi connectivity index (χ1) is 11.9. The van der Waals surface area contributed by atoms with Crippen LogP contribution in [0, 0.1) is 22.7 Å². The summed E-state index contributed by atoms with van der Waals surface area (Å²) in [5.41, 5.74) is 2.32. The minimum Gasteiger partial charge on any atom is -0.481 e. The van der Waals surface area contributed by atoms with Crippen LogP contribution < -0.4 is 0 Å². The Kier molecular flexibility index (Phi) is 8.02. The fourth-order valence-electron chi connectivity index (χ4n) is 2.58. The molecule has 0 aromatic rings. The molecule has 0 bridgehead atoms. The number of nitriles is 2. The van der Waals surface area contributed by atoms with E-state index in [0.717, 1.165) is 5.57 Å². The highest BCUT2D eigenvalue weighted by Crippen LogP contribution is 2.22. The van der Waals surface area contributed by atoms with Gasteiger partial charge in [0.05, 0.1) is 6.42 Å². The molecule has 1 heterocycles. The van der Waals surface area contributed by atoms with Crippen molar-refractivity contribution in [1.82, 2.24) is 9.80 Å². The fraction of sp³-hybridized carbons (Fsp3) is 0.421. The Morgan fingerprint density at radius 2 is 1.84 bits per heavy atom. The van der Waals surface area contributed by atoms with Crippen LogP contribution in [0.2, 0.25) is 0 Å². The molecule has 0 aromatic heterocycles. The quantitative estimate of drug-likeness (QED) is 0.566. The molecule has 132 valence electrons. The molecule has 1 saturated heterocycles. The van der Waals surface area contributed by atoms with Crippen molar-refractivity contribution in [3.05, 3.63) is 46.8 Å². The Hall–Kier alpha value is -2.99. The van der Waals surface area contributed by atoms with Crippen LogP contribution in [0.4, 0.5) is 0 Å². The van der Waals surface area contributed by atoms with Crippen LogP contribution in [-0.2, 0) is 4.79 Å². The number of carbonyl (C=O) groups is 1. The Bertz CT molecular complexity index is 686. The van der Waals surface area contributed by atoms with Gasteiger partial charge in [-0.25, -0.2) is 0 Å². The number of rotatable bonds is 7. The number of nitrogens with zero attached hydrogens (tertiary/aromatic N) is 4. The lowest BCUT2D eigenvalue weighted by Crippen LogP contribution is -2.27. The van der Waals surface area contributed by atoms with Crippen LogP contribution in [0.25, 0.3) is 0 Å². The molecular weight excluding hydrogens is 316 g/mol. The fourth-order valence-corrected chi connectivity index (χ4v) is 2.58. The second kappa shape index (κ2) is 10.00. The number of aliphatic carboxylic acids is 1. The number of hydrogen-bond donors (Lipinski definition) is 1. The van der Waals surface area contributed by atoms with Crippen LogP contribution in [-0.4, -0.2) is 47.1 Å².